The van der Waals surface area contributed by atoms with Gasteiger partial charge in [0.05, 0.1) is 0 Å². The van der Waals surface area contributed by atoms with Crippen LogP contribution in [0, 0.1) is 5.92 Å². The van der Waals surface area contributed by atoms with Gasteiger partial charge in [-0.25, -0.2) is 4.79 Å². The Morgan fingerprint density at radius 1 is 1.39 bits per heavy atom. The Kier molecular flexibility index (Phi) is 5.98. The number of hydrogen-bond acceptors (Lipinski definition) is 4. The molecule has 7 heteroatoms. The molecular formula is C16H28N4O3. The van der Waals surface area contributed by atoms with E-state index in [-0.39, 0.29) is 24.4 Å². The van der Waals surface area contributed by atoms with E-state index in [1.165, 1.54) is 17.7 Å². The molecule has 1 atom stereocenters. The van der Waals surface area contributed by atoms with Crippen molar-refractivity contribution in [2.24, 2.45) is 5.92 Å². The second-order valence-corrected chi connectivity index (χ2v) is 6.97. The molecule has 0 aliphatic carbocycles. The fourth-order valence-electron chi connectivity index (χ4n) is 3.09. The quantitative estimate of drug-likeness (QED) is 0.598. The van der Waals surface area contributed by atoms with E-state index in [4.69, 9.17) is 0 Å². The van der Waals surface area contributed by atoms with Gasteiger partial charge in [-0.3, -0.25) is 14.5 Å². The van der Waals surface area contributed by atoms with Gasteiger partial charge >= 0.3 is 6.03 Å². The summed E-state index contributed by atoms with van der Waals surface area (Å²) in [6.07, 6.45) is 4.26. The zero-order chi connectivity index (χ0) is 16.9. The summed E-state index contributed by atoms with van der Waals surface area (Å²) in [5, 5.41) is 8.92. The summed E-state index contributed by atoms with van der Waals surface area (Å²) in [5.41, 5.74) is -0.840. The summed E-state index contributed by atoms with van der Waals surface area (Å²) in [7, 11) is 0. The van der Waals surface area contributed by atoms with Crippen molar-refractivity contribution < 1.29 is 14.4 Å². The molecule has 0 saturated carbocycles. The van der Waals surface area contributed by atoms with Gasteiger partial charge in [0.1, 0.15) is 5.54 Å². The van der Waals surface area contributed by atoms with Gasteiger partial charge in [0.15, 0.2) is 0 Å². The van der Waals surface area contributed by atoms with Crippen molar-refractivity contribution in [3.63, 3.8) is 0 Å². The van der Waals surface area contributed by atoms with E-state index in [1.54, 1.807) is 13.8 Å². The smallest absolute Gasteiger partial charge is 0.325 e. The van der Waals surface area contributed by atoms with Crippen molar-refractivity contribution in [2.45, 2.75) is 51.5 Å². The maximum atomic E-state index is 12.0. The normalized spacial score (nSPS) is 23.7. The van der Waals surface area contributed by atoms with E-state index in [1.807, 2.05) is 0 Å². The predicted molar refractivity (Wildman–Crippen MR) is 86.8 cm³/mol. The maximum absolute atomic E-state index is 12.0. The van der Waals surface area contributed by atoms with E-state index in [9.17, 15) is 14.4 Å². The van der Waals surface area contributed by atoms with Gasteiger partial charge in [-0.15, -0.1) is 0 Å². The largest absolute Gasteiger partial charge is 0.356 e. The molecule has 3 N–H and O–H groups in total. The molecule has 0 bridgehead atoms. The van der Waals surface area contributed by atoms with Gasteiger partial charge in [-0.05, 0) is 58.5 Å². The van der Waals surface area contributed by atoms with Crippen LogP contribution in [0.25, 0.3) is 0 Å². The summed E-state index contributed by atoms with van der Waals surface area (Å²) in [4.78, 5) is 36.7. The number of nitrogens with zero attached hydrogens (tertiary/aromatic N) is 1. The Hall–Kier alpha value is -1.63. The number of imide groups is 1. The minimum atomic E-state index is -0.840. The first-order chi connectivity index (χ1) is 10.9. The van der Waals surface area contributed by atoms with E-state index in [2.05, 4.69) is 16.0 Å². The number of urea groups is 1. The third-order valence-corrected chi connectivity index (χ3v) is 4.50. The molecule has 2 rings (SSSR count). The van der Waals surface area contributed by atoms with Gasteiger partial charge in [0, 0.05) is 19.5 Å². The first kappa shape index (κ1) is 17.7. The number of hydrogen-bond donors (Lipinski definition) is 3. The topological polar surface area (TPSA) is 90.5 Å². The van der Waals surface area contributed by atoms with Crippen LogP contribution in [0.2, 0.25) is 0 Å². The van der Waals surface area contributed by atoms with E-state index >= 15 is 0 Å². The van der Waals surface area contributed by atoms with E-state index < -0.39 is 5.54 Å². The van der Waals surface area contributed by atoms with Crippen molar-refractivity contribution in [2.75, 3.05) is 26.2 Å². The molecule has 0 radical (unpaired) electrons. The zero-order valence-electron chi connectivity index (χ0n) is 14.1. The minimum absolute atomic E-state index is 0.0138. The average Bonchev–Trinajstić information content (AvgIpc) is 2.70. The predicted octanol–water partition coefficient (Wildman–Crippen LogP) is 0.603. The van der Waals surface area contributed by atoms with Gasteiger partial charge in [-0.1, -0.05) is 0 Å². The molecule has 2 aliphatic rings. The molecule has 130 valence electrons. The lowest BCUT2D eigenvalue weighted by atomic mass is 9.96. The molecule has 0 aromatic carbocycles. The zero-order valence-corrected chi connectivity index (χ0v) is 14.1. The van der Waals surface area contributed by atoms with Crippen LogP contribution in [0.5, 0.6) is 0 Å². The number of rotatable bonds is 7. The summed E-state index contributed by atoms with van der Waals surface area (Å²) in [5.74, 6) is 0.407. The van der Waals surface area contributed by atoms with Gasteiger partial charge in [0.2, 0.25) is 5.91 Å². The number of carbonyl (C=O) groups is 3. The highest BCUT2D eigenvalue weighted by molar-refractivity contribution is 6.06. The van der Waals surface area contributed by atoms with Crippen LogP contribution in [-0.2, 0) is 9.59 Å². The van der Waals surface area contributed by atoms with Crippen LogP contribution in [0.4, 0.5) is 4.79 Å². The van der Waals surface area contributed by atoms with Gasteiger partial charge in [0.25, 0.3) is 5.91 Å². The van der Waals surface area contributed by atoms with Crippen molar-refractivity contribution in [1.82, 2.24) is 20.9 Å². The third kappa shape index (κ3) is 4.92. The number of nitrogens with one attached hydrogen (secondary N) is 3. The lowest BCUT2D eigenvalue weighted by molar-refractivity contribution is -0.130. The lowest BCUT2D eigenvalue weighted by Crippen LogP contribution is -2.40. The second-order valence-electron chi connectivity index (χ2n) is 6.97. The molecule has 0 aromatic heterocycles. The van der Waals surface area contributed by atoms with E-state index in [0.717, 1.165) is 19.5 Å². The molecule has 4 amide bonds. The monoisotopic (exact) mass is 324 g/mol. The molecule has 2 heterocycles. The van der Waals surface area contributed by atoms with Gasteiger partial charge < -0.3 is 16.0 Å². The fraction of sp³-hybridized carbons (Fsp3) is 0.812. The van der Waals surface area contributed by atoms with Crippen LogP contribution in [0.15, 0.2) is 0 Å². The summed E-state index contributed by atoms with van der Waals surface area (Å²) in [6, 6.07) is -0.370. The lowest BCUT2D eigenvalue weighted by Gasteiger charge is -2.22. The molecule has 0 aromatic rings. The summed E-state index contributed by atoms with van der Waals surface area (Å²) in [6.45, 7) is 6.48. The molecule has 2 aliphatic heterocycles. The first-order valence-electron chi connectivity index (χ1n) is 8.51. The molecule has 23 heavy (non-hydrogen) atoms. The number of piperidine rings is 1. The molecule has 0 spiro atoms. The standard InChI is InChI=1S/C16H28N4O3/c1-16(2)14(22)20(15(23)19-16)10-4-6-13(21)18-9-7-12-5-3-8-17-11-12/h12,17H,3-11H2,1-2H3,(H,18,21)(H,19,23). The van der Waals surface area contributed by atoms with Crippen LogP contribution in [0.1, 0.15) is 46.0 Å². The highest BCUT2D eigenvalue weighted by Gasteiger charge is 2.43. The first-order valence-corrected chi connectivity index (χ1v) is 8.51. The van der Waals surface area contributed by atoms with Crippen LogP contribution in [-0.4, -0.2) is 54.5 Å². The van der Waals surface area contributed by atoms with Crippen LogP contribution < -0.4 is 16.0 Å². The third-order valence-electron chi connectivity index (χ3n) is 4.50. The molecule has 1 unspecified atom stereocenters. The Morgan fingerprint density at radius 3 is 2.78 bits per heavy atom. The Bertz CT molecular complexity index is 458. The number of carbonyl (C=O) groups excluding carboxylic acids is 3. The van der Waals surface area contributed by atoms with Crippen molar-refractivity contribution in [3.8, 4) is 0 Å². The highest BCUT2D eigenvalue weighted by atomic mass is 16.2. The summed E-state index contributed by atoms with van der Waals surface area (Å²) < 4.78 is 0. The van der Waals surface area contributed by atoms with Gasteiger partial charge in [-0.2, -0.15) is 0 Å². The second kappa shape index (κ2) is 7.77. The van der Waals surface area contributed by atoms with Crippen molar-refractivity contribution in [3.05, 3.63) is 0 Å². The summed E-state index contributed by atoms with van der Waals surface area (Å²) >= 11 is 0. The molecular weight excluding hydrogens is 296 g/mol. The van der Waals surface area contributed by atoms with E-state index in [0.29, 0.717) is 25.3 Å². The SMILES string of the molecule is CC1(C)NC(=O)N(CCCC(=O)NCCC2CCCNC2)C1=O. The average molecular weight is 324 g/mol. The number of amides is 4. The Labute approximate surface area is 137 Å². The minimum Gasteiger partial charge on any atom is -0.356 e. The molecule has 7 nitrogen and oxygen atoms in total. The van der Waals surface area contributed by atoms with Crippen LogP contribution in [0.3, 0.4) is 0 Å². The Balaban J connectivity index is 1.59. The molecule has 2 fully saturated rings. The highest BCUT2D eigenvalue weighted by Crippen LogP contribution is 2.17. The van der Waals surface area contributed by atoms with Crippen molar-refractivity contribution in [1.29, 1.82) is 0 Å². The maximum Gasteiger partial charge on any atom is 0.325 e. The molecule has 2 saturated heterocycles. The van der Waals surface area contributed by atoms with Crippen LogP contribution >= 0.6 is 0 Å². The Morgan fingerprint density at radius 2 is 2.17 bits per heavy atom. The fourth-order valence-corrected chi connectivity index (χ4v) is 3.09. The van der Waals surface area contributed by atoms with Crippen molar-refractivity contribution >= 4 is 17.8 Å².